The molecule has 1 aromatic heterocycles. The molecule has 0 aliphatic rings. The van der Waals surface area contributed by atoms with Crippen molar-refractivity contribution < 1.29 is 14.3 Å². The minimum atomic E-state index is -0.925. The number of aliphatic carboxylic acids is 1. The van der Waals surface area contributed by atoms with Gasteiger partial charge in [-0.3, -0.25) is 4.79 Å². The van der Waals surface area contributed by atoms with Gasteiger partial charge in [-0.25, -0.2) is 4.98 Å². The van der Waals surface area contributed by atoms with Crippen LogP contribution in [0.1, 0.15) is 17.9 Å². The zero-order valence-electron chi connectivity index (χ0n) is 11.5. The molecule has 5 heteroatoms. The second kappa shape index (κ2) is 6.15. The van der Waals surface area contributed by atoms with Gasteiger partial charge in [0.1, 0.15) is 5.52 Å². The smallest absolute Gasteiger partial charge is 0.308 e. The fourth-order valence-corrected chi connectivity index (χ4v) is 2.39. The van der Waals surface area contributed by atoms with Crippen LogP contribution < -0.4 is 0 Å². The third-order valence-electron chi connectivity index (χ3n) is 3.12. The van der Waals surface area contributed by atoms with Crippen LogP contribution in [-0.2, 0) is 4.79 Å². The Morgan fingerprint density at radius 3 is 2.59 bits per heavy atom. The van der Waals surface area contributed by atoms with E-state index in [-0.39, 0.29) is 6.42 Å². The second-order valence-electron chi connectivity index (χ2n) is 4.78. The van der Waals surface area contributed by atoms with Crippen LogP contribution >= 0.6 is 15.9 Å². The Labute approximate surface area is 135 Å². The molecule has 0 unspecified atom stereocenters. The van der Waals surface area contributed by atoms with Gasteiger partial charge >= 0.3 is 5.97 Å². The Balaban J connectivity index is 2.05. The van der Waals surface area contributed by atoms with Gasteiger partial charge in [0.25, 0.3) is 0 Å². The lowest BCUT2D eigenvalue weighted by Crippen LogP contribution is -1.97. The Morgan fingerprint density at radius 2 is 1.91 bits per heavy atom. The molecular formula is C17H12BrNO3. The topological polar surface area (TPSA) is 63.3 Å². The van der Waals surface area contributed by atoms with Crippen LogP contribution in [0, 0.1) is 0 Å². The van der Waals surface area contributed by atoms with Crippen molar-refractivity contribution >= 4 is 44.6 Å². The summed E-state index contributed by atoms with van der Waals surface area (Å²) in [6.45, 7) is 0. The first-order chi connectivity index (χ1) is 10.6. The highest BCUT2D eigenvalue weighted by atomic mass is 79.9. The molecule has 0 spiro atoms. The first-order valence-corrected chi connectivity index (χ1v) is 7.45. The highest BCUT2D eigenvalue weighted by molar-refractivity contribution is 9.10. The lowest BCUT2D eigenvalue weighted by molar-refractivity contribution is -0.135. The number of fused-ring (bicyclic) bond motifs is 1. The maximum absolute atomic E-state index is 11.1. The maximum atomic E-state index is 11.1. The summed E-state index contributed by atoms with van der Waals surface area (Å²) in [5.41, 5.74) is 2.78. The molecule has 0 amide bonds. The zero-order chi connectivity index (χ0) is 15.5. The molecule has 1 heterocycles. The van der Waals surface area contributed by atoms with E-state index in [0.717, 1.165) is 10.0 Å². The van der Waals surface area contributed by atoms with Crippen LogP contribution in [0.25, 0.3) is 22.7 Å². The molecular weight excluding hydrogens is 346 g/mol. The summed E-state index contributed by atoms with van der Waals surface area (Å²) in [7, 11) is 0. The number of rotatable bonds is 4. The van der Waals surface area contributed by atoms with Crippen LogP contribution in [0.3, 0.4) is 0 Å². The Hall–Kier alpha value is -2.40. The number of hydrogen-bond acceptors (Lipinski definition) is 3. The molecule has 0 bridgehead atoms. The van der Waals surface area contributed by atoms with Gasteiger partial charge in [0.05, 0.1) is 6.42 Å². The molecule has 3 rings (SSSR count). The van der Waals surface area contributed by atoms with E-state index in [1.54, 1.807) is 6.08 Å². The van der Waals surface area contributed by atoms with Crippen LogP contribution in [0.4, 0.5) is 0 Å². The number of nitrogens with zero attached hydrogens (tertiary/aromatic N) is 1. The maximum Gasteiger partial charge on any atom is 0.308 e. The van der Waals surface area contributed by atoms with Crippen molar-refractivity contribution in [3.05, 3.63) is 64.5 Å². The fraction of sp³-hybridized carbons (Fsp3) is 0.0588. The first kappa shape index (κ1) is 14.5. The van der Waals surface area contributed by atoms with Gasteiger partial charge in [-0.2, -0.15) is 0 Å². The highest BCUT2D eigenvalue weighted by Crippen LogP contribution is 2.25. The Morgan fingerprint density at radius 1 is 1.18 bits per heavy atom. The summed E-state index contributed by atoms with van der Waals surface area (Å²) in [6.07, 6.45) is 1.63. The third-order valence-corrected chi connectivity index (χ3v) is 3.65. The molecule has 0 aliphatic carbocycles. The molecule has 4 nitrogen and oxygen atoms in total. The number of para-hydroxylation sites is 2. The van der Waals surface area contributed by atoms with Crippen molar-refractivity contribution in [3.8, 4) is 0 Å². The van der Waals surface area contributed by atoms with Crippen LogP contribution in [0.15, 0.2) is 57.4 Å². The number of aromatic nitrogens is 1. The van der Waals surface area contributed by atoms with Gasteiger partial charge in [-0.05, 0) is 35.9 Å². The second-order valence-corrected chi connectivity index (χ2v) is 5.69. The zero-order valence-corrected chi connectivity index (χ0v) is 13.1. The molecule has 22 heavy (non-hydrogen) atoms. The van der Waals surface area contributed by atoms with E-state index in [0.29, 0.717) is 22.6 Å². The van der Waals surface area contributed by atoms with Crippen molar-refractivity contribution in [3.63, 3.8) is 0 Å². The van der Waals surface area contributed by atoms with Crippen LogP contribution in [-0.4, -0.2) is 16.1 Å². The van der Waals surface area contributed by atoms with Gasteiger partial charge in [0, 0.05) is 10.0 Å². The monoisotopic (exact) mass is 357 g/mol. The third kappa shape index (κ3) is 3.26. The molecule has 3 aromatic rings. The number of carboxylic acid groups (broad SMARTS) is 1. The van der Waals surface area contributed by atoms with E-state index < -0.39 is 5.97 Å². The molecule has 0 atom stereocenters. The van der Waals surface area contributed by atoms with Crippen molar-refractivity contribution in [2.24, 2.45) is 0 Å². The molecule has 0 saturated heterocycles. The molecule has 2 aromatic carbocycles. The van der Waals surface area contributed by atoms with Gasteiger partial charge in [-0.15, -0.1) is 0 Å². The quantitative estimate of drug-likeness (QED) is 0.740. The summed E-state index contributed by atoms with van der Waals surface area (Å²) in [6, 6.07) is 15.0. The van der Waals surface area contributed by atoms with E-state index >= 15 is 0 Å². The minimum Gasteiger partial charge on any atom is -0.481 e. The molecule has 110 valence electrons. The molecule has 0 aliphatic heterocycles. The Bertz CT molecular complexity index is 817. The van der Waals surface area contributed by atoms with E-state index in [2.05, 4.69) is 20.9 Å². The van der Waals surface area contributed by atoms with E-state index in [9.17, 15) is 4.79 Å². The summed E-state index contributed by atoms with van der Waals surface area (Å²) in [5, 5.41) is 9.12. The van der Waals surface area contributed by atoms with E-state index in [1.165, 1.54) is 0 Å². The van der Waals surface area contributed by atoms with Crippen molar-refractivity contribution in [2.75, 3.05) is 0 Å². The fourth-order valence-electron chi connectivity index (χ4n) is 2.12. The molecule has 0 fully saturated rings. The number of carboxylic acids is 1. The predicted molar refractivity (Wildman–Crippen MR) is 88.3 cm³/mol. The lowest BCUT2D eigenvalue weighted by Gasteiger charge is -2.01. The lowest BCUT2D eigenvalue weighted by atomic mass is 10.1. The van der Waals surface area contributed by atoms with Crippen molar-refractivity contribution in [1.29, 1.82) is 0 Å². The average molecular weight is 358 g/mol. The summed E-state index contributed by atoms with van der Waals surface area (Å²) in [4.78, 5) is 15.5. The highest BCUT2D eigenvalue weighted by Gasteiger charge is 2.14. The summed E-state index contributed by atoms with van der Waals surface area (Å²) in [5.74, 6) is -0.586. The minimum absolute atomic E-state index is 0.150. The number of halogens is 1. The SMILES string of the molecule is O=C(O)C/C(=C\c1ccc(Br)cc1)c1nc2ccccc2o1. The number of hydrogen-bond donors (Lipinski definition) is 1. The number of oxazole rings is 1. The summed E-state index contributed by atoms with van der Waals surface area (Å²) < 4.78 is 6.64. The first-order valence-electron chi connectivity index (χ1n) is 6.66. The summed E-state index contributed by atoms with van der Waals surface area (Å²) >= 11 is 3.37. The molecule has 1 N–H and O–H groups in total. The van der Waals surface area contributed by atoms with Gasteiger partial charge in [-0.1, -0.05) is 40.2 Å². The van der Waals surface area contributed by atoms with Crippen LogP contribution in [0.5, 0.6) is 0 Å². The normalized spacial score (nSPS) is 11.8. The average Bonchev–Trinajstić information content (AvgIpc) is 2.92. The number of benzene rings is 2. The van der Waals surface area contributed by atoms with Crippen molar-refractivity contribution in [1.82, 2.24) is 4.98 Å². The number of carbonyl (C=O) groups is 1. The van der Waals surface area contributed by atoms with Gasteiger partial charge in [0.2, 0.25) is 5.89 Å². The molecule has 0 radical (unpaired) electrons. The van der Waals surface area contributed by atoms with Crippen molar-refractivity contribution in [2.45, 2.75) is 6.42 Å². The standard InChI is InChI=1S/C17H12BrNO3/c18-13-7-5-11(6-8-13)9-12(10-16(20)21)17-19-14-3-1-2-4-15(14)22-17/h1-9H,10H2,(H,20,21)/b12-9+. The van der Waals surface area contributed by atoms with E-state index in [4.69, 9.17) is 9.52 Å². The van der Waals surface area contributed by atoms with Crippen LogP contribution in [0.2, 0.25) is 0 Å². The van der Waals surface area contributed by atoms with Gasteiger partial charge < -0.3 is 9.52 Å². The predicted octanol–water partition coefficient (Wildman–Crippen LogP) is 4.61. The Kier molecular flexibility index (Phi) is 4.06. The largest absolute Gasteiger partial charge is 0.481 e. The molecule has 0 saturated carbocycles. The van der Waals surface area contributed by atoms with E-state index in [1.807, 2.05) is 48.5 Å². The van der Waals surface area contributed by atoms with Gasteiger partial charge in [0.15, 0.2) is 5.58 Å².